The first-order valence-corrected chi connectivity index (χ1v) is 8.93. The van der Waals surface area contributed by atoms with Crippen molar-refractivity contribution in [1.29, 1.82) is 0 Å². The summed E-state index contributed by atoms with van der Waals surface area (Å²) in [5.41, 5.74) is 0.808. The van der Waals surface area contributed by atoms with Gasteiger partial charge in [-0.2, -0.15) is 0 Å². The summed E-state index contributed by atoms with van der Waals surface area (Å²) in [4.78, 5) is 10.5. The van der Waals surface area contributed by atoms with Crippen LogP contribution in [0.1, 0.15) is 24.8 Å². The molecule has 0 aromatic heterocycles. The number of nitrogens with zero attached hydrogens (tertiary/aromatic N) is 1. The highest BCUT2D eigenvalue weighted by molar-refractivity contribution is 7.91. The molecule has 1 aromatic rings. The molecular formula is C14H20N2O4S. The van der Waals surface area contributed by atoms with E-state index in [9.17, 15) is 18.5 Å². The number of nitrogens with one attached hydrogen (secondary N) is 1. The molecule has 1 aromatic carbocycles. The molecule has 1 saturated heterocycles. The molecule has 1 heterocycles. The third-order valence-electron chi connectivity index (χ3n) is 3.91. The number of hydrogen-bond donors (Lipinski definition) is 1. The van der Waals surface area contributed by atoms with E-state index in [-0.39, 0.29) is 10.6 Å². The average molecular weight is 312 g/mol. The Morgan fingerprint density at radius 2 is 1.90 bits per heavy atom. The number of nitro benzene ring substituents is 1. The summed E-state index contributed by atoms with van der Waals surface area (Å²) < 4.78 is 22.7. The summed E-state index contributed by atoms with van der Waals surface area (Å²) in [5, 5.41) is 14.1. The molecule has 0 saturated carbocycles. The Balaban J connectivity index is 1.74. The van der Waals surface area contributed by atoms with Crippen molar-refractivity contribution in [2.24, 2.45) is 5.92 Å². The second kappa shape index (κ2) is 7.00. The van der Waals surface area contributed by atoms with E-state index in [2.05, 4.69) is 5.32 Å². The Bertz CT molecular complexity index is 587. The Morgan fingerprint density at radius 3 is 2.57 bits per heavy atom. The maximum absolute atomic E-state index is 11.3. The highest BCUT2D eigenvalue weighted by Gasteiger charge is 2.23. The minimum atomic E-state index is -2.80. The minimum Gasteiger partial charge on any atom is -0.312 e. The zero-order valence-corrected chi connectivity index (χ0v) is 12.6. The van der Waals surface area contributed by atoms with Gasteiger partial charge in [-0.15, -0.1) is 0 Å². The highest BCUT2D eigenvalue weighted by atomic mass is 32.2. The molecule has 0 spiro atoms. The zero-order chi connectivity index (χ0) is 15.3. The van der Waals surface area contributed by atoms with Crippen LogP contribution in [0.15, 0.2) is 24.3 Å². The molecule has 116 valence electrons. The van der Waals surface area contributed by atoms with Gasteiger partial charge in [0.05, 0.1) is 16.4 Å². The topological polar surface area (TPSA) is 89.3 Å². The predicted octanol–water partition coefficient (Wildman–Crippen LogP) is 1.90. The number of benzene rings is 1. The van der Waals surface area contributed by atoms with Gasteiger partial charge >= 0.3 is 0 Å². The molecule has 21 heavy (non-hydrogen) atoms. The number of para-hydroxylation sites is 1. The van der Waals surface area contributed by atoms with Crippen molar-refractivity contribution < 1.29 is 13.3 Å². The van der Waals surface area contributed by atoms with E-state index in [0.29, 0.717) is 29.5 Å². The van der Waals surface area contributed by atoms with Crippen molar-refractivity contribution in [2.45, 2.75) is 25.8 Å². The first-order chi connectivity index (χ1) is 9.98. The largest absolute Gasteiger partial charge is 0.312 e. The van der Waals surface area contributed by atoms with Crippen LogP contribution in [0.5, 0.6) is 0 Å². The zero-order valence-electron chi connectivity index (χ0n) is 11.8. The monoisotopic (exact) mass is 312 g/mol. The first kappa shape index (κ1) is 15.9. The highest BCUT2D eigenvalue weighted by Crippen LogP contribution is 2.21. The lowest BCUT2D eigenvalue weighted by atomic mass is 9.99. The van der Waals surface area contributed by atoms with E-state index in [4.69, 9.17) is 0 Å². The summed E-state index contributed by atoms with van der Waals surface area (Å²) in [7, 11) is -2.80. The van der Waals surface area contributed by atoms with Gasteiger partial charge in [0.15, 0.2) is 0 Å². The normalized spacial score (nSPS) is 18.5. The lowest BCUT2D eigenvalue weighted by molar-refractivity contribution is -0.385. The molecule has 0 unspecified atom stereocenters. The van der Waals surface area contributed by atoms with Crippen molar-refractivity contribution >= 4 is 15.5 Å². The third kappa shape index (κ3) is 4.78. The molecule has 6 nitrogen and oxygen atoms in total. The van der Waals surface area contributed by atoms with Gasteiger partial charge in [0.1, 0.15) is 9.84 Å². The van der Waals surface area contributed by atoms with Crippen LogP contribution in [-0.4, -0.2) is 31.4 Å². The number of hydrogen-bond acceptors (Lipinski definition) is 5. The lowest BCUT2D eigenvalue weighted by Crippen LogP contribution is -2.26. The quantitative estimate of drug-likeness (QED) is 0.492. The van der Waals surface area contributed by atoms with Crippen LogP contribution in [0.3, 0.4) is 0 Å². The van der Waals surface area contributed by atoms with Crippen LogP contribution in [0, 0.1) is 16.0 Å². The van der Waals surface area contributed by atoms with Crippen LogP contribution in [0.25, 0.3) is 0 Å². The molecule has 1 N–H and O–H groups in total. The Hall–Kier alpha value is -1.47. The molecule has 1 aliphatic heterocycles. The Labute approximate surface area is 124 Å². The van der Waals surface area contributed by atoms with E-state index in [1.807, 2.05) is 0 Å². The molecule has 0 bridgehead atoms. The van der Waals surface area contributed by atoms with E-state index in [0.717, 1.165) is 25.8 Å². The fourth-order valence-electron chi connectivity index (χ4n) is 2.60. The summed E-state index contributed by atoms with van der Waals surface area (Å²) >= 11 is 0. The maximum atomic E-state index is 11.3. The number of rotatable bonds is 6. The van der Waals surface area contributed by atoms with Gasteiger partial charge in [-0.05, 0) is 31.7 Å². The molecule has 2 rings (SSSR count). The van der Waals surface area contributed by atoms with Crippen LogP contribution >= 0.6 is 0 Å². The third-order valence-corrected chi connectivity index (χ3v) is 5.62. The van der Waals surface area contributed by atoms with Crippen molar-refractivity contribution in [1.82, 2.24) is 5.32 Å². The summed E-state index contributed by atoms with van der Waals surface area (Å²) in [5.74, 6) is 1.02. The fraction of sp³-hybridized carbons (Fsp3) is 0.571. The second-order valence-corrected chi connectivity index (χ2v) is 7.75. The number of sulfone groups is 1. The molecule has 1 aliphatic rings. The van der Waals surface area contributed by atoms with Crippen molar-refractivity contribution in [3.05, 3.63) is 39.9 Å². The van der Waals surface area contributed by atoms with E-state index >= 15 is 0 Å². The van der Waals surface area contributed by atoms with E-state index in [1.54, 1.807) is 18.2 Å². The van der Waals surface area contributed by atoms with Crippen LogP contribution in [-0.2, 0) is 16.4 Å². The van der Waals surface area contributed by atoms with Gasteiger partial charge in [0.25, 0.3) is 5.69 Å². The average Bonchev–Trinajstić information content (AvgIpc) is 2.45. The second-order valence-electron chi connectivity index (χ2n) is 5.45. The van der Waals surface area contributed by atoms with Gasteiger partial charge in [0, 0.05) is 18.2 Å². The summed E-state index contributed by atoms with van der Waals surface area (Å²) in [6.45, 7) is 1.21. The molecule has 0 radical (unpaired) electrons. The van der Waals surface area contributed by atoms with Crippen molar-refractivity contribution in [3.63, 3.8) is 0 Å². The Kier molecular flexibility index (Phi) is 5.30. The van der Waals surface area contributed by atoms with E-state index < -0.39 is 9.84 Å². The van der Waals surface area contributed by atoms with Crippen molar-refractivity contribution in [3.8, 4) is 0 Å². The molecule has 7 heteroatoms. The van der Waals surface area contributed by atoms with Crippen molar-refractivity contribution in [2.75, 3.05) is 18.1 Å². The van der Waals surface area contributed by atoms with Gasteiger partial charge in [-0.3, -0.25) is 10.1 Å². The van der Waals surface area contributed by atoms with Crippen LogP contribution in [0.4, 0.5) is 5.69 Å². The molecule has 0 amide bonds. The van der Waals surface area contributed by atoms with Gasteiger partial charge in [-0.25, -0.2) is 8.42 Å². The van der Waals surface area contributed by atoms with Crippen LogP contribution < -0.4 is 5.32 Å². The SMILES string of the molecule is O=[N+]([O-])c1ccccc1CNCCC1CCS(=O)(=O)CC1. The van der Waals surface area contributed by atoms with E-state index in [1.165, 1.54) is 6.07 Å². The minimum absolute atomic E-state index is 0.133. The molecule has 0 atom stereocenters. The molecular weight excluding hydrogens is 292 g/mol. The maximum Gasteiger partial charge on any atom is 0.273 e. The van der Waals surface area contributed by atoms with Gasteiger partial charge < -0.3 is 5.32 Å². The van der Waals surface area contributed by atoms with Gasteiger partial charge in [-0.1, -0.05) is 18.2 Å². The van der Waals surface area contributed by atoms with Gasteiger partial charge in [0.2, 0.25) is 0 Å². The Morgan fingerprint density at radius 1 is 1.24 bits per heavy atom. The molecule has 1 fully saturated rings. The number of nitro groups is 1. The lowest BCUT2D eigenvalue weighted by Gasteiger charge is -2.21. The standard InChI is InChI=1S/C14H20N2O4S/c17-16(18)14-4-2-1-3-13(14)11-15-8-5-12-6-9-21(19,20)10-7-12/h1-4,12,15H,5-11H2. The summed E-state index contributed by atoms with van der Waals surface area (Å²) in [6.07, 6.45) is 2.38. The van der Waals surface area contributed by atoms with Crippen LogP contribution in [0.2, 0.25) is 0 Å². The fourth-order valence-corrected chi connectivity index (χ4v) is 4.18. The molecule has 0 aliphatic carbocycles. The predicted molar refractivity (Wildman–Crippen MR) is 80.8 cm³/mol. The summed E-state index contributed by atoms with van der Waals surface area (Å²) in [6, 6.07) is 6.70. The smallest absolute Gasteiger partial charge is 0.273 e. The first-order valence-electron chi connectivity index (χ1n) is 7.11.